The molecule has 1 saturated heterocycles. The lowest BCUT2D eigenvalue weighted by Crippen LogP contribution is -2.32. The fraction of sp³-hybridized carbons (Fsp3) is 0.217. The van der Waals surface area contributed by atoms with Crippen LogP contribution < -0.4 is 15.8 Å². The largest absolute Gasteiger partial charge is 0.457 e. The molecule has 3 heterocycles. The Bertz CT molecular complexity index is 1120. The smallest absolute Gasteiger partial charge is 0.135 e. The van der Waals surface area contributed by atoms with Crippen molar-refractivity contribution in [2.24, 2.45) is 0 Å². The number of fused-ring (bicyclic) bond motifs is 1. The maximum Gasteiger partial charge on any atom is 0.135 e. The third kappa shape index (κ3) is 3.43. The van der Waals surface area contributed by atoms with Gasteiger partial charge in [-0.05, 0) is 61.9 Å². The molecule has 1 aliphatic rings. The van der Waals surface area contributed by atoms with E-state index in [1.807, 2.05) is 60.7 Å². The first-order chi connectivity index (χ1) is 14.3. The fourth-order valence-corrected chi connectivity index (χ4v) is 3.94. The van der Waals surface area contributed by atoms with Gasteiger partial charge in [0, 0.05) is 18.3 Å². The van der Waals surface area contributed by atoms with Gasteiger partial charge in [-0.1, -0.05) is 18.2 Å². The number of para-hydroxylation sites is 1. The number of nitrogens with two attached hydrogens (primary N) is 1. The SMILES string of the molecule is Nc1nccc2c1c(-c1ccc(Oc3ccccc3)cc1)nn2C1CCCNC1. The molecular formula is C23H23N5O. The van der Waals surface area contributed by atoms with Crippen molar-refractivity contribution in [3.63, 3.8) is 0 Å². The second kappa shape index (κ2) is 7.56. The summed E-state index contributed by atoms with van der Waals surface area (Å²) >= 11 is 0. The first kappa shape index (κ1) is 17.7. The van der Waals surface area contributed by atoms with Crippen molar-refractivity contribution in [3.8, 4) is 22.8 Å². The van der Waals surface area contributed by atoms with E-state index in [0.29, 0.717) is 11.9 Å². The number of nitrogen functional groups attached to an aromatic ring is 1. The molecule has 0 saturated carbocycles. The Hall–Kier alpha value is -3.38. The molecule has 4 aromatic rings. The van der Waals surface area contributed by atoms with Gasteiger partial charge >= 0.3 is 0 Å². The normalized spacial score (nSPS) is 16.8. The molecule has 3 N–H and O–H groups in total. The number of aromatic nitrogens is 3. The monoisotopic (exact) mass is 385 g/mol. The van der Waals surface area contributed by atoms with Crippen LogP contribution in [0.4, 0.5) is 5.82 Å². The average molecular weight is 385 g/mol. The molecule has 1 unspecified atom stereocenters. The first-order valence-corrected chi connectivity index (χ1v) is 9.96. The van der Waals surface area contributed by atoms with Crippen LogP contribution in [0, 0.1) is 0 Å². The van der Waals surface area contributed by atoms with Crippen LogP contribution in [0.25, 0.3) is 22.2 Å². The zero-order valence-corrected chi connectivity index (χ0v) is 16.1. The lowest BCUT2D eigenvalue weighted by Gasteiger charge is -2.23. The summed E-state index contributed by atoms with van der Waals surface area (Å²) in [6, 6.07) is 20.1. The summed E-state index contributed by atoms with van der Waals surface area (Å²) in [4.78, 5) is 4.31. The van der Waals surface area contributed by atoms with Crippen molar-refractivity contribution in [2.45, 2.75) is 18.9 Å². The highest BCUT2D eigenvalue weighted by atomic mass is 16.5. The van der Waals surface area contributed by atoms with Crippen molar-refractivity contribution >= 4 is 16.7 Å². The summed E-state index contributed by atoms with van der Waals surface area (Å²) in [7, 11) is 0. The molecular weight excluding hydrogens is 362 g/mol. The Labute approximate surface area is 169 Å². The Morgan fingerprint density at radius 1 is 1.00 bits per heavy atom. The number of pyridine rings is 1. The molecule has 0 radical (unpaired) electrons. The van der Waals surface area contributed by atoms with Gasteiger partial charge in [-0.25, -0.2) is 4.98 Å². The lowest BCUT2D eigenvalue weighted by molar-refractivity contribution is 0.355. The van der Waals surface area contributed by atoms with Crippen LogP contribution in [0.3, 0.4) is 0 Å². The second-order valence-corrected chi connectivity index (χ2v) is 7.32. The van der Waals surface area contributed by atoms with Gasteiger partial charge in [-0.15, -0.1) is 0 Å². The van der Waals surface area contributed by atoms with Crippen LogP contribution in [-0.4, -0.2) is 27.9 Å². The highest BCUT2D eigenvalue weighted by molar-refractivity contribution is 6.00. The maximum absolute atomic E-state index is 6.26. The molecule has 0 aliphatic carbocycles. The van der Waals surface area contributed by atoms with Gasteiger partial charge in [0.25, 0.3) is 0 Å². The van der Waals surface area contributed by atoms with Gasteiger partial charge in [0.05, 0.1) is 16.9 Å². The summed E-state index contributed by atoms with van der Waals surface area (Å²) in [6.45, 7) is 1.98. The zero-order valence-electron chi connectivity index (χ0n) is 16.1. The van der Waals surface area contributed by atoms with E-state index in [4.69, 9.17) is 15.6 Å². The topological polar surface area (TPSA) is 78.0 Å². The number of piperidine rings is 1. The molecule has 0 spiro atoms. The maximum atomic E-state index is 6.26. The third-order valence-corrected chi connectivity index (χ3v) is 5.37. The lowest BCUT2D eigenvalue weighted by atomic mass is 10.1. The summed E-state index contributed by atoms with van der Waals surface area (Å²) < 4.78 is 8.02. The van der Waals surface area contributed by atoms with E-state index in [-0.39, 0.29) is 0 Å². The Balaban J connectivity index is 1.52. The van der Waals surface area contributed by atoms with E-state index >= 15 is 0 Å². The second-order valence-electron chi connectivity index (χ2n) is 7.32. The fourth-order valence-electron chi connectivity index (χ4n) is 3.94. The van der Waals surface area contributed by atoms with E-state index in [2.05, 4.69) is 15.0 Å². The molecule has 1 aliphatic heterocycles. The van der Waals surface area contributed by atoms with Crippen LogP contribution in [0.1, 0.15) is 18.9 Å². The number of ether oxygens (including phenoxy) is 1. The van der Waals surface area contributed by atoms with Gasteiger partial charge in [-0.3, -0.25) is 4.68 Å². The van der Waals surface area contributed by atoms with Gasteiger partial charge in [-0.2, -0.15) is 5.10 Å². The Morgan fingerprint density at radius 3 is 2.55 bits per heavy atom. The highest BCUT2D eigenvalue weighted by Crippen LogP contribution is 2.35. The predicted octanol–water partition coefficient (Wildman–Crippen LogP) is 4.40. The van der Waals surface area contributed by atoms with Crippen LogP contribution >= 0.6 is 0 Å². The summed E-state index contributed by atoms with van der Waals surface area (Å²) in [5, 5.41) is 9.35. The summed E-state index contributed by atoms with van der Waals surface area (Å²) in [5.74, 6) is 2.11. The van der Waals surface area contributed by atoms with Crippen molar-refractivity contribution in [3.05, 3.63) is 66.9 Å². The van der Waals surface area contributed by atoms with Crippen molar-refractivity contribution in [2.75, 3.05) is 18.8 Å². The first-order valence-electron chi connectivity index (χ1n) is 9.96. The van der Waals surface area contributed by atoms with Crippen LogP contribution in [0.5, 0.6) is 11.5 Å². The molecule has 29 heavy (non-hydrogen) atoms. The standard InChI is InChI=1S/C23H23N5O/c24-23-21-20(12-14-26-23)28(17-5-4-13-25-15-17)27-22(21)16-8-10-19(11-9-16)29-18-6-2-1-3-7-18/h1-3,6-12,14,17,25H,4-5,13,15H2,(H2,24,26). The minimum Gasteiger partial charge on any atom is -0.457 e. The zero-order chi connectivity index (χ0) is 19.6. The molecule has 0 bridgehead atoms. The predicted molar refractivity (Wildman–Crippen MR) is 115 cm³/mol. The Kier molecular flexibility index (Phi) is 4.62. The summed E-state index contributed by atoms with van der Waals surface area (Å²) in [5.41, 5.74) is 9.16. The Morgan fingerprint density at radius 2 is 1.79 bits per heavy atom. The van der Waals surface area contributed by atoms with Gasteiger partial charge in [0.1, 0.15) is 23.0 Å². The number of nitrogens with zero attached hydrogens (tertiary/aromatic N) is 3. The molecule has 1 atom stereocenters. The quantitative estimate of drug-likeness (QED) is 0.544. The van der Waals surface area contributed by atoms with Crippen LogP contribution in [0.2, 0.25) is 0 Å². The van der Waals surface area contributed by atoms with E-state index in [0.717, 1.165) is 59.6 Å². The number of benzene rings is 2. The molecule has 2 aromatic heterocycles. The van der Waals surface area contributed by atoms with Crippen molar-refractivity contribution in [1.82, 2.24) is 20.1 Å². The number of anilines is 1. The van der Waals surface area contributed by atoms with E-state index in [1.54, 1.807) is 6.20 Å². The van der Waals surface area contributed by atoms with Crippen LogP contribution in [0.15, 0.2) is 66.9 Å². The summed E-state index contributed by atoms with van der Waals surface area (Å²) in [6.07, 6.45) is 4.01. The molecule has 0 amide bonds. The van der Waals surface area contributed by atoms with Crippen molar-refractivity contribution in [1.29, 1.82) is 0 Å². The van der Waals surface area contributed by atoms with Gasteiger partial charge < -0.3 is 15.8 Å². The molecule has 1 fully saturated rings. The van der Waals surface area contributed by atoms with Gasteiger partial charge in [0.2, 0.25) is 0 Å². The highest BCUT2D eigenvalue weighted by Gasteiger charge is 2.22. The molecule has 2 aromatic carbocycles. The number of hydrogen-bond acceptors (Lipinski definition) is 5. The average Bonchev–Trinajstić information content (AvgIpc) is 3.17. The molecule has 6 nitrogen and oxygen atoms in total. The van der Waals surface area contributed by atoms with E-state index in [9.17, 15) is 0 Å². The van der Waals surface area contributed by atoms with Gasteiger partial charge in [0.15, 0.2) is 0 Å². The number of rotatable bonds is 4. The van der Waals surface area contributed by atoms with E-state index < -0.39 is 0 Å². The van der Waals surface area contributed by atoms with Crippen LogP contribution in [-0.2, 0) is 0 Å². The third-order valence-electron chi connectivity index (χ3n) is 5.37. The number of nitrogens with one attached hydrogen (secondary N) is 1. The molecule has 6 heteroatoms. The number of hydrogen-bond donors (Lipinski definition) is 2. The minimum atomic E-state index is 0.322. The van der Waals surface area contributed by atoms with Crippen molar-refractivity contribution < 1.29 is 4.74 Å². The van der Waals surface area contributed by atoms with E-state index in [1.165, 1.54) is 0 Å². The molecule has 5 rings (SSSR count). The minimum absolute atomic E-state index is 0.322. The molecule has 146 valence electrons.